The van der Waals surface area contributed by atoms with Crippen molar-refractivity contribution in [1.29, 1.82) is 0 Å². The van der Waals surface area contributed by atoms with Gasteiger partial charge in [-0.05, 0) is 26.1 Å². The van der Waals surface area contributed by atoms with Crippen molar-refractivity contribution in [2.45, 2.75) is 13.0 Å². The van der Waals surface area contributed by atoms with Gasteiger partial charge in [0.2, 0.25) is 5.89 Å². The van der Waals surface area contributed by atoms with Crippen LogP contribution in [0.4, 0.5) is 0 Å². The Kier molecular flexibility index (Phi) is 2.02. The highest BCUT2D eigenvalue weighted by molar-refractivity contribution is 5.72. The van der Waals surface area contributed by atoms with Crippen LogP contribution in [0.25, 0.3) is 11.1 Å². The standard InChI is InChI=1S/C10H12N2O/c1-7(11-2)10-12-8-5-3-4-6-9(8)13-10/h3-7,11H,1-2H3. The molecule has 2 rings (SSSR count). The van der Waals surface area contributed by atoms with Crippen LogP contribution < -0.4 is 5.32 Å². The first-order chi connectivity index (χ1) is 6.31. The first kappa shape index (κ1) is 8.26. The van der Waals surface area contributed by atoms with Crippen molar-refractivity contribution in [1.82, 2.24) is 10.3 Å². The summed E-state index contributed by atoms with van der Waals surface area (Å²) in [5.41, 5.74) is 1.76. The van der Waals surface area contributed by atoms with E-state index in [4.69, 9.17) is 4.42 Å². The molecule has 3 nitrogen and oxygen atoms in total. The number of rotatable bonds is 2. The molecule has 0 radical (unpaired) electrons. The molecule has 3 heteroatoms. The van der Waals surface area contributed by atoms with E-state index < -0.39 is 0 Å². The van der Waals surface area contributed by atoms with Crippen LogP contribution in [0.3, 0.4) is 0 Å². The van der Waals surface area contributed by atoms with Crippen LogP contribution in [0.5, 0.6) is 0 Å². The summed E-state index contributed by atoms with van der Waals surface area (Å²) in [6.07, 6.45) is 0. The Bertz CT molecular complexity index is 375. The quantitative estimate of drug-likeness (QED) is 0.761. The summed E-state index contributed by atoms with van der Waals surface area (Å²) >= 11 is 0. The van der Waals surface area contributed by atoms with E-state index in [1.807, 2.05) is 38.2 Å². The number of benzene rings is 1. The van der Waals surface area contributed by atoms with Gasteiger partial charge in [-0.25, -0.2) is 4.98 Å². The normalized spacial score (nSPS) is 13.4. The van der Waals surface area contributed by atoms with E-state index in [0.717, 1.165) is 17.0 Å². The highest BCUT2D eigenvalue weighted by Gasteiger charge is 2.10. The molecule has 0 bridgehead atoms. The van der Waals surface area contributed by atoms with E-state index in [0.29, 0.717) is 0 Å². The zero-order chi connectivity index (χ0) is 9.26. The highest BCUT2D eigenvalue weighted by Crippen LogP contribution is 2.18. The van der Waals surface area contributed by atoms with Gasteiger partial charge >= 0.3 is 0 Å². The molecule has 0 saturated heterocycles. The molecule has 0 aliphatic rings. The molecule has 1 heterocycles. The third-order valence-electron chi connectivity index (χ3n) is 2.11. The Morgan fingerprint density at radius 3 is 2.85 bits per heavy atom. The summed E-state index contributed by atoms with van der Waals surface area (Å²) in [6, 6.07) is 7.94. The first-order valence-corrected chi connectivity index (χ1v) is 4.34. The monoisotopic (exact) mass is 176 g/mol. The second kappa shape index (κ2) is 3.18. The van der Waals surface area contributed by atoms with Crippen LogP contribution in [0.15, 0.2) is 28.7 Å². The fourth-order valence-corrected chi connectivity index (χ4v) is 1.20. The third-order valence-corrected chi connectivity index (χ3v) is 2.11. The Labute approximate surface area is 76.8 Å². The molecule has 1 aromatic heterocycles. The van der Waals surface area contributed by atoms with Gasteiger partial charge in [-0.3, -0.25) is 0 Å². The number of oxazole rings is 1. The Balaban J connectivity index is 2.49. The molecule has 0 fully saturated rings. The molecule has 2 aromatic rings. The van der Waals surface area contributed by atoms with Crippen molar-refractivity contribution < 1.29 is 4.42 Å². The molecule has 0 spiro atoms. The lowest BCUT2D eigenvalue weighted by Crippen LogP contribution is -2.12. The van der Waals surface area contributed by atoms with Gasteiger partial charge in [0, 0.05) is 0 Å². The molecule has 0 amide bonds. The van der Waals surface area contributed by atoms with Crippen LogP contribution in [-0.2, 0) is 0 Å². The van der Waals surface area contributed by atoms with Crippen LogP contribution in [-0.4, -0.2) is 12.0 Å². The minimum Gasteiger partial charge on any atom is -0.439 e. The number of para-hydroxylation sites is 2. The minimum atomic E-state index is 0.160. The van der Waals surface area contributed by atoms with Gasteiger partial charge in [-0.1, -0.05) is 12.1 Å². The van der Waals surface area contributed by atoms with Gasteiger partial charge in [0.1, 0.15) is 5.52 Å². The van der Waals surface area contributed by atoms with Gasteiger partial charge in [0.25, 0.3) is 0 Å². The second-order valence-electron chi connectivity index (χ2n) is 3.03. The SMILES string of the molecule is CNC(C)c1nc2ccccc2o1. The predicted molar refractivity (Wildman–Crippen MR) is 51.5 cm³/mol. The molecule has 68 valence electrons. The van der Waals surface area contributed by atoms with Gasteiger partial charge in [0.05, 0.1) is 6.04 Å². The zero-order valence-electron chi connectivity index (χ0n) is 7.74. The molecule has 1 unspecified atom stereocenters. The number of hydrogen-bond acceptors (Lipinski definition) is 3. The number of hydrogen-bond donors (Lipinski definition) is 1. The summed E-state index contributed by atoms with van der Waals surface area (Å²) in [4.78, 5) is 4.35. The summed E-state index contributed by atoms with van der Waals surface area (Å²) < 4.78 is 5.55. The minimum absolute atomic E-state index is 0.160. The average molecular weight is 176 g/mol. The van der Waals surface area contributed by atoms with Crippen molar-refractivity contribution in [3.63, 3.8) is 0 Å². The lowest BCUT2D eigenvalue weighted by Gasteiger charge is -2.02. The van der Waals surface area contributed by atoms with Crippen LogP contribution >= 0.6 is 0 Å². The zero-order valence-corrected chi connectivity index (χ0v) is 7.74. The summed E-state index contributed by atoms with van der Waals surface area (Å²) in [5.74, 6) is 0.740. The van der Waals surface area contributed by atoms with Crippen molar-refractivity contribution in [3.05, 3.63) is 30.2 Å². The van der Waals surface area contributed by atoms with E-state index in [1.165, 1.54) is 0 Å². The van der Waals surface area contributed by atoms with Crippen LogP contribution in [0, 0.1) is 0 Å². The van der Waals surface area contributed by atoms with Crippen LogP contribution in [0.2, 0.25) is 0 Å². The molecule has 0 saturated carbocycles. The van der Waals surface area contributed by atoms with Crippen molar-refractivity contribution in [3.8, 4) is 0 Å². The average Bonchev–Trinajstić information content (AvgIpc) is 2.59. The molecular weight excluding hydrogens is 164 g/mol. The summed E-state index contributed by atoms with van der Waals surface area (Å²) in [6.45, 7) is 2.02. The predicted octanol–water partition coefficient (Wildman–Crippen LogP) is 2.11. The van der Waals surface area contributed by atoms with E-state index in [2.05, 4.69) is 10.3 Å². The Morgan fingerprint density at radius 2 is 2.15 bits per heavy atom. The fourth-order valence-electron chi connectivity index (χ4n) is 1.20. The van der Waals surface area contributed by atoms with Gasteiger partial charge in [-0.2, -0.15) is 0 Å². The lowest BCUT2D eigenvalue weighted by atomic mass is 10.3. The van der Waals surface area contributed by atoms with Crippen LogP contribution in [0.1, 0.15) is 18.9 Å². The highest BCUT2D eigenvalue weighted by atomic mass is 16.3. The molecule has 13 heavy (non-hydrogen) atoms. The number of aromatic nitrogens is 1. The summed E-state index contributed by atoms with van der Waals surface area (Å²) in [5, 5.41) is 3.09. The number of nitrogens with one attached hydrogen (secondary N) is 1. The molecule has 0 aliphatic carbocycles. The van der Waals surface area contributed by atoms with Gasteiger partial charge in [-0.15, -0.1) is 0 Å². The van der Waals surface area contributed by atoms with Gasteiger partial charge < -0.3 is 9.73 Å². The lowest BCUT2D eigenvalue weighted by molar-refractivity contribution is 0.456. The van der Waals surface area contributed by atoms with E-state index >= 15 is 0 Å². The maximum atomic E-state index is 5.55. The summed E-state index contributed by atoms with van der Waals surface area (Å²) in [7, 11) is 1.89. The second-order valence-corrected chi connectivity index (χ2v) is 3.03. The van der Waals surface area contributed by atoms with E-state index in [1.54, 1.807) is 0 Å². The largest absolute Gasteiger partial charge is 0.439 e. The van der Waals surface area contributed by atoms with E-state index in [9.17, 15) is 0 Å². The van der Waals surface area contributed by atoms with Crippen molar-refractivity contribution in [2.75, 3.05) is 7.05 Å². The smallest absolute Gasteiger partial charge is 0.212 e. The third kappa shape index (κ3) is 1.42. The van der Waals surface area contributed by atoms with Crippen molar-refractivity contribution in [2.24, 2.45) is 0 Å². The molecule has 1 atom stereocenters. The maximum Gasteiger partial charge on any atom is 0.212 e. The maximum absolute atomic E-state index is 5.55. The molecule has 0 aliphatic heterocycles. The van der Waals surface area contributed by atoms with Crippen molar-refractivity contribution >= 4 is 11.1 Å². The molecular formula is C10H12N2O. The molecule has 1 N–H and O–H groups in total. The van der Waals surface area contributed by atoms with E-state index in [-0.39, 0.29) is 6.04 Å². The Hall–Kier alpha value is -1.35. The van der Waals surface area contributed by atoms with Gasteiger partial charge in [0.15, 0.2) is 5.58 Å². The number of fused-ring (bicyclic) bond motifs is 1. The molecule has 1 aromatic carbocycles. The fraction of sp³-hybridized carbons (Fsp3) is 0.300. The first-order valence-electron chi connectivity index (χ1n) is 4.34. The Morgan fingerprint density at radius 1 is 1.38 bits per heavy atom. The topological polar surface area (TPSA) is 38.1 Å². The number of nitrogens with zero attached hydrogens (tertiary/aromatic N) is 1.